The molecule has 1 aliphatic heterocycles. The van der Waals surface area contributed by atoms with Crippen molar-refractivity contribution in [1.29, 1.82) is 0 Å². The minimum atomic E-state index is -0.659. The highest BCUT2D eigenvalue weighted by Crippen LogP contribution is 2.40. The zero-order valence-corrected chi connectivity index (χ0v) is 22.4. The van der Waals surface area contributed by atoms with Gasteiger partial charge in [-0.25, -0.2) is 0 Å². The number of nitrogens with zero attached hydrogens (tertiary/aromatic N) is 3. The summed E-state index contributed by atoms with van der Waals surface area (Å²) in [7, 11) is 3.92. The molecule has 2 aromatic rings. The van der Waals surface area contributed by atoms with Crippen molar-refractivity contribution in [3.8, 4) is 5.75 Å². The SMILES string of the molecule is CCCOc1ccc(/C(O)=C2\C(=O)C(=O)N(CCN(CC)CC)C2c2ccc(N(C)C)cc2)cc1C. The first-order chi connectivity index (χ1) is 17.2. The molecular weight excluding hydrogens is 454 g/mol. The molecule has 1 saturated heterocycles. The van der Waals surface area contributed by atoms with Crippen LogP contribution in [0.4, 0.5) is 5.69 Å². The molecule has 1 N–H and O–H groups in total. The monoisotopic (exact) mass is 493 g/mol. The Hall–Kier alpha value is -3.32. The number of carbonyl (C=O) groups is 2. The molecule has 2 aromatic carbocycles. The van der Waals surface area contributed by atoms with E-state index in [1.54, 1.807) is 23.1 Å². The molecule has 7 nitrogen and oxygen atoms in total. The summed E-state index contributed by atoms with van der Waals surface area (Å²) in [5.74, 6) is -0.655. The maximum atomic E-state index is 13.3. The van der Waals surface area contributed by atoms with Gasteiger partial charge in [-0.2, -0.15) is 0 Å². The fourth-order valence-electron chi connectivity index (χ4n) is 4.53. The number of rotatable bonds is 11. The number of hydrogen-bond donors (Lipinski definition) is 1. The van der Waals surface area contributed by atoms with Crippen LogP contribution in [0.25, 0.3) is 5.76 Å². The summed E-state index contributed by atoms with van der Waals surface area (Å²) in [6.45, 7) is 11.5. The molecule has 3 rings (SSSR count). The maximum absolute atomic E-state index is 13.3. The van der Waals surface area contributed by atoms with Crippen LogP contribution in [0.2, 0.25) is 0 Å². The van der Waals surface area contributed by atoms with E-state index in [-0.39, 0.29) is 11.3 Å². The molecule has 0 saturated carbocycles. The Morgan fingerprint density at radius 3 is 2.25 bits per heavy atom. The second-order valence-electron chi connectivity index (χ2n) is 9.33. The van der Waals surface area contributed by atoms with Gasteiger partial charge in [0.2, 0.25) is 0 Å². The molecule has 1 unspecified atom stereocenters. The Morgan fingerprint density at radius 1 is 1.03 bits per heavy atom. The number of likely N-dealkylation sites (N-methyl/N-ethyl adjacent to an activating group) is 1. The normalized spacial score (nSPS) is 17.2. The van der Waals surface area contributed by atoms with Crippen molar-refractivity contribution in [3.63, 3.8) is 0 Å². The summed E-state index contributed by atoms with van der Waals surface area (Å²) in [6, 6.07) is 12.5. The number of aliphatic hydroxyl groups excluding tert-OH is 1. The number of aryl methyl sites for hydroxylation is 1. The third-order valence-corrected chi connectivity index (χ3v) is 6.73. The molecule has 0 spiro atoms. The largest absolute Gasteiger partial charge is 0.507 e. The van der Waals surface area contributed by atoms with Gasteiger partial charge in [0.25, 0.3) is 11.7 Å². The van der Waals surface area contributed by atoms with Crippen molar-refractivity contribution in [2.24, 2.45) is 0 Å². The number of ketones is 1. The lowest BCUT2D eigenvalue weighted by Crippen LogP contribution is -2.38. The number of amides is 1. The molecular formula is C29H39N3O4. The van der Waals surface area contributed by atoms with E-state index >= 15 is 0 Å². The third-order valence-electron chi connectivity index (χ3n) is 6.73. The van der Waals surface area contributed by atoms with Crippen molar-refractivity contribution in [2.75, 3.05) is 51.8 Å². The summed E-state index contributed by atoms with van der Waals surface area (Å²) in [5.41, 5.74) is 3.28. The first-order valence-corrected chi connectivity index (χ1v) is 12.7. The smallest absolute Gasteiger partial charge is 0.295 e. The number of carbonyl (C=O) groups excluding carboxylic acids is 2. The molecule has 36 heavy (non-hydrogen) atoms. The van der Waals surface area contributed by atoms with Gasteiger partial charge in [-0.15, -0.1) is 0 Å². The lowest BCUT2D eigenvalue weighted by atomic mass is 9.94. The second-order valence-corrected chi connectivity index (χ2v) is 9.33. The zero-order chi connectivity index (χ0) is 26.4. The first-order valence-electron chi connectivity index (χ1n) is 12.7. The first kappa shape index (κ1) is 27.3. The number of hydrogen-bond acceptors (Lipinski definition) is 6. The molecule has 1 fully saturated rings. The van der Waals surface area contributed by atoms with E-state index in [1.807, 2.05) is 57.1 Å². The van der Waals surface area contributed by atoms with E-state index in [1.165, 1.54) is 0 Å². The molecule has 1 amide bonds. The second kappa shape index (κ2) is 12.1. The molecule has 0 bridgehead atoms. The summed E-state index contributed by atoms with van der Waals surface area (Å²) < 4.78 is 5.76. The average Bonchev–Trinajstić information content (AvgIpc) is 3.13. The van der Waals surface area contributed by atoms with Gasteiger partial charge in [0, 0.05) is 38.4 Å². The van der Waals surface area contributed by atoms with Gasteiger partial charge < -0.3 is 24.5 Å². The van der Waals surface area contributed by atoms with Crippen LogP contribution in [0.3, 0.4) is 0 Å². The summed E-state index contributed by atoms with van der Waals surface area (Å²) in [5, 5.41) is 11.4. The van der Waals surface area contributed by atoms with Crippen LogP contribution in [-0.4, -0.2) is 73.5 Å². The Kier molecular flexibility index (Phi) is 9.15. The molecule has 1 heterocycles. The summed E-state index contributed by atoms with van der Waals surface area (Å²) in [6.07, 6.45) is 0.894. The minimum absolute atomic E-state index is 0.124. The highest BCUT2D eigenvalue weighted by atomic mass is 16.5. The number of Topliss-reactive ketones (excluding diaryl/α,β-unsaturated/α-hetero) is 1. The lowest BCUT2D eigenvalue weighted by Gasteiger charge is -2.28. The quantitative estimate of drug-likeness (QED) is 0.280. The lowest BCUT2D eigenvalue weighted by molar-refractivity contribution is -0.140. The third kappa shape index (κ3) is 5.73. The number of likely N-dealkylation sites (tertiary alicyclic amines) is 1. The number of benzene rings is 2. The molecule has 0 radical (unpaired) electrons. The van der Waals surface area contributed by atoms with Gasteiger partial charge in [0.1, 0.15) is 11.5 Å². The summed E-state index contributed by atoms with van der Waals surface area (Å²) in [4.78, 5) is 32.3. The van der Waals surface area contributed by atoms with Gasteiger partial charge in [-0.05, 0) is 67.9 Å². The van der Waals surface area contributed by atoms with Crippen molar-refractivity contribution in [1.82, 2.24) is 9.80 Å². The Labute approximate surface area is 215 Å². The van der Waals surface area contributed by atoms with Crippen LogP contribution in [-0.2, 0) is 9.59 Å². The van der Waals surface area contributed by atoms with Crippen LogP contribution >= 0.6 is 0 Å². The molecule has 0 aromatic heterocycles. The topological polar surface area (TPSA) is 73.3 Å². The predicted molar refractivity (Wildman–Crippen MR) is 145 cm³/mol. The van der Waals surface area contributed by atoms with E-state index in [0.29, 0.717) is 25.3 Å². The fourth-order valence-corrected chi connectivity index (χ4v) is 4.53. The van der Waals surface area contributed by atoms with Gasteiger partial charge >= 0.3 is 0 Å². The van der Waals surface area contributed by atoms with E-state index in [0.717, 1.165) is 42.1 Å². The number of ether oxygens (including phenoxy) is 1. The number of aliphatic hydroxyl groups is 1. The highest BCUT2D eigenvalue weighted by molar-refractivity contribution is 6.46. The van der Waals surface area contributed by atoms with Crippen molar-refractivity contribution in [3.05, 3.63) is 64.7 Å². The van der Waals surface area contributed by atoms with Crippen LogP contribution < -0.4 is 9.64 Å². The van der Waals surface area contributed by atoms with Crippen LogP contribution in [0.5, 0.6) is 5.75 Å². The predicted octanol–water partition coefficient (Wildman–Crippen LogP) is 4.61. The Bertz CT molecular complexity index is 1100. The molecule has 194 valence electrons. The maximum Gasteiger partial charge on any atom is 0.295 e. The fraction of sp³-hybridized carbons (Fsp3) is 0.448. The Morgan fingerprint density at radius 2 is 1.69 bits per heavy atom. The van der Waals surface area contributed by atoms with Gasteiger partial charge in [0.05, 0.1) is 18.2 Å². The van der Waals surface area contributed by atoms with Gasteiger partial charge in [-0.3, -0.25) is 9.59 Å². The van der Waals surface area contributed by atoms with Crippen molar-refractivity contribution in [2.45, 2.75) is 40.2 Å². The van der Waals surface area contributed by atoms with Crippen molar-refractivity contribution >= 4 is 23.1 Å². The number of anilines is 1. The van der Waals surface area contributed by atoms with E-state index in [2.05, 4.69) is 18.7 Å². The minimum Gasteiger partial charge on any atom is -0.507 e. The van der Waals surface area contributed by atoms with Gasteiger partial charge in [0.15, 0.2) is 0 Å². The Balaban J connectivity index is 2.08. The van der Waals surface area contributed by atoms with Crippen molar-refractivity contribution < 1.29 is 19.4 Å². The standard InChI is InChI=1S/C29H39N3O4/c1-7-18-36-24-15-12-22(19-20(24)4)27(33)25-26(21-10-13-23(14-11-21)30(5)6)32(29(35)28(25)34)17-16-31(8-2)9-3/h10-15,19,26,33H,7-9,16-18H2,1-6H3/b27-25+. The highest BCUT2D eigenvalue weighted by Gasteiger charge is 2.46. The van der Waals surface area contributed by atoms with E-state index in [4.69, 9.17) is 4.74 Å². The molecule has 7 heteroatoms. The van der Waals surface area contributed by atoms with Crippen LogP contribution in [0.1, 0.15) is 49.9 Å². The average molecular weight is 494 g/mol. The van der Waals surface area contributed by atoms with E-state index in [9.17, 15) is 14.7 Å². The van der Waals surface area contributed by atoms with Crippen LogP contribution in [0.15, 0.2) is 48.0 Å². The molecule has 1 atom stereocenters. The molecule has 1 aliphatic rings. The van der Waals surface area contributed by atoms with Crippen LogP contribution in [0, 0.1) is 6.92 Å². The zero-order valence-electron chi connectivity index (χ0n) is 22.4. The van der Waals surface area contributed by atoms with E-state index < -0.39 is 17.7 Å². The van der Waals surface area contributed by atoms with Gasteiger partial charge in [-0.1, -0.05) is 32.9 Å². The molecule has 0 aliphatic carbocycles. The summed E-state index contributed by atoms with van der Waals surface area (Å²) >= 11 is 0.